The van der Waals surface area contributed by atoms with Crippen LogP contribution in [0.2, 0.25) is 0 Å². The molecule has 0 radical (unpaired) electrons. The second kappa shape index (κ2) is 6.60. The highest BCUT2D eigenvalue weighted by molar-refractivity contribution is 8.00. The first-order chi connectivity index (χ1) is 10.6. The summed E-state index contributed by atoms with van der Waals surface area (Å²) in [5.74, 6) is -0.670. The van der Waals surface area contributed by atoms with Crippen LogP contribution in [0.4, 0.5) is 13.2 Å². The zero-order valence-electron chi connectivity index (χ0n) is 12.8. The van der Waals surface area contributed by atoms with Gasteiger partial charge in [-0.2, -0.15) is 13.2 Å². The minimum atomic E-state index is -4.39. The largest absolute Gasteiger partial charge is 0.496 e. The Morgan fingerprint density at radius 1 is 1.48 bits per heavy atom. The molecule has 23 heavy (non-hydrogen) atoms. The van der Waals surface area contributed by atoms with E-state index in [2.05, 4.69) is 0 Å². The Morgan fingerprint density at radius 3 is 2.70 bits per heavy atom. The van der Waals surface area contributed by atoms with E-state index in [0.717, 1.165) is 0 Å². The number of halogens is 3. The van der Waals surface area contributed by atoms with Crippen LogP contribution in [0.1, 0.15) is 18.9 Å². The highest BCUT2D eigenvalue weighted by Gasteiger charge is 2.40. The van der Waals surface area contributed by atoms with Crippen molar-refractivity contribution in [3.63, 3.8) is 0 Å². The van der Waals surface area contributed by atoms with Gasteiger partial charge in [-0.15, -0.1) is 0 Å². The molecule has 1 fully saturated rings. The molecule has 1 heterocycles. The molecule has 1 atom stereocenters. The van der Waals surface area contributed by atoms with Crippen LogP contribution in [0.3, 0.4) is 0 Å². The normalized spacial score (nSPS) is 22.3. The monoisotopic (exact) mass is 349 g/mol. The topological polar surface area (TPSA) is 49.8 Å². The molecule has 1 aliphatic heterocycles. The van der Waals surface area contributed by atoms with E-state index in [1.807, 2.05) is 4.90 Å². The first kappa shape index (κ1) is 17.9. The van der Waals surface area contributed by atoms with Gasteiger partial charge in [0.1, 0.15) is 5.75 Å². The van der Waals surface area contributed by atoms with Gasteiger partial charge in [0.25, 0.3) is 0 Å². The van der Waals surface area contributed by atoms with Crippen LogP contribution >= 0.6 is 11.8 Å². The number of benzene rings is 1. The third-order valence-corrected chi connectivity index (χ3v) is 4.70. The molecular weight excluding hydrogens is 331 g/mol. The van der Waals surface area contributed by atoms with Crippen molar-refractivity contribution in [2.75, 3.05) is 20.2 Å². The lowest BCUT2D eigenvalue weighted by atomic mass is 9.90. The molecule has 0 aromatic heterocycles. The Hall–Kier alpha value is -1.41. The van der Waals surface area contributed by atoms with Crippen LogP contribution in [0.15, 0.2) is 23.1 Å². The molecule has 1 saturated heterocycles. The van der Waals surface area contributed by atoms with Crippen LogP contribution in [-0.2, 0) is 11.3 Å². The second-order valence-electron chi connectivity index (χ2n) is 5.86. The zero-order valence-corrected chi connectivity index (χ0v) is 13.6. The number of alkyl halides is 3. The van der Waals surface area contributed by atoms with Crippen molar-refractivity contribution < 1.29 is 27.8 Å². The van der Waals surface area contributed by atoms with Gasteiger partial charge in [0, 0.05) is 13.1 Å². The molecule has 1 aliphatic rings. The number of carboxylic acids is 1. The minimum Gasteiger partial charge on any atom is -0.496 e. The van der Waals surface area contributed by atoms with Crippen LogP contribution in [0, 0.1) is 5.41 Å². The summed E-state index contributed by atoms with van der Waals surface area (Å²) in [5, 5.41) is 9.22. The summed E-state index contributed by atoms with van der Waals surface area (Å²) in [7, 11) is 1.33. The molecule has 0 spiro atoms. The summed E-state index contributed by atoms with van der Waals surface area (Å²) in [6.45, 7) is 3.10. The molecular formula is C15H18F3NO3S. The summed E-state index contributed by atoms with van der Waals surface area (Å²) < 4.78 is 42.8. The van der Waals surface area contributed by atoms with E-state index in [1.165, 1.54) is 19.2 Å². The quantitative estimate of drug-likeness (QED) is 0.823. The maximum atomic E-state index is 12.6. The van der Waals surface area contributed by atoms with E-state index in [-0.39, 0.29) is 22.4 Å². The van der Waals surface area contributed by atoms with E-state index in [4.69, 9.17) is 4.74 Å². The Labute approximate surface area is 136 Å². The first-order valence-electron chi connectivity index (χ1n) is 7.01. The van der Waals surface area contributed by atoms with E-state index in [9.17, 15) is 23.1 Å². The number of hydrogen-bond acceptors (Lipinski definition) is 4. The summed E-state index contributed by atoms with van der Waals surface area (Å²) in [6, 6.07) is 4.67. The van der Waals surface area contributed by atoms with Gasteiger partial charge in [-0.1, -0.05) is 6.07 Å². The number of rotatable bonds is 5. The predicted molar refractivity (Wildman–Crippen MR) is 80.5 cm³/mol. The predicted octanol–water partition coefficient (Wildman–Crippen LogP) is 3.60. The van der Waals surface area contributed by atoms with E-state index in [1.54, 1.807) is 13.0 Å². The molecule has 8 heteroatoms. The van der Waals surface area contributed by atoms with E-state index in [0.29, 0.717) is 31.6 Å². The molecule has 2 rings (SSSR count). The van der Waals surface area contributed by atoms with Crippen molar-refractivity contribution in [1.29, 1.82) is 0 Å². The van der Waals surface area contributed by atoms with Gasteiger partial charge in [-0.3, -0.25) is 9.69 Å². The molecule has 1 N–H and O–H groups in total. The van der Waals surface area contributed by atoms with Gasteiger partial charge in [0.15, 0.2) is 0 Å². The standard InChI is InChI=1S/C15H18F3NO3S/c1-14(13(20)21)5-6-19(9-14)8-10-3-4-11(22-2)12(7-10)23-15(16,17)18/h3-4,7H,5-6,8-9H2,1-2H3,(H,20,21). The maximum Gasteiger partial charge on any atom is 0.446 e. The SMILES string of the molecule is COc1ccc(CN2CCC(C)(C(=O)O)C2)cc1SC(F)(F)F. The average molecular weight is 349 g/mol. The van der Waals surface area contributed by atoms with Gasteiger partial charge in [-0.05, 0) is 49.3 Å². The number of aliphatic carboxylic acids is 1. The summed E-state index contributed by atoms with van der Waals surface area (Å²) in [4.78, 5) is 13.2. The lowest BCUT2D eigenvalue weighted by Crippen LogP contribution is -2.31. The Bertz CT molecular complexity index is 594. The van der Waals surface area contributed by atoms with Crippen LogP contribution in [0.25, 0.3) is 0 Å². The van der Waals surface area contributed by atoms with Gasteiger partial charge >= 0.3 is 11.5 Å². The molecule has 0 amide bonds. The minimum absolute atomic E-state index is 0.0118. The van der Waals surface area contributed by atoms with Crippen LogP contribution in [0.5, 0.6) is 5.75 Å². The fourth-order valence-electron chi connectivity index (χ4n) is 2.65. The van der Waals surface area contributed by atoms with Gasteiger partial charge in [-0.25, -0.2) is 0 Å². The number of carbonyl (C=O) groups is 1. The molecule has 0 aliphatic carbocycles. The summed E-state index contributed by atoms with van der Waals surface area (Å²) in [5.41, 5.74) is -4.48. The van der Waals surface area contributed by atoms with Crippen molar-refractivity contribution in [2.45, 2.75) is 30.3 Å². The Balaban J connectivity index is 2.12. The second-order valence-corrected chi connectivity index (χ2v) is 6.97. The van der Waals surface area contributed by atoms with Gasteiger partial charge in [0.05, 0.1) is 17.4 Å². The number of carboxylic acid groups (broad SMARTS) is 1. The molecule has 4 nitrogen and oxygen atoms in total. The van der Waals surface area contributed by atoms with Crippen LogP contribution < -0.4 is 4.74 Å². The molecule has 1 unspecified atom stereocenters. The van der Waals surface area contributed by atoms with Crippen molar-refractivity contribution >= 4 is 17.7 Å². The number of nitrogens with zero attached hydrogens (tertiary/aromatic N) is 1. The van der Waals surface area contributed by atoms with Crippen molar-refractivity contribution in [1.82, 2.24) is 4.90 Å². The lowest BCUT2D eigenvalue weighted by Gasteiger charge is -2.20. The number of likely N-dealkylation sites (tertiary alicyclic amines) is 1. The average Bonchev–Trinajstić information content (AvgIpc) is 2.80. The van der Waals surface area contributed by atoms with Crippen molar-refractivity contribution in [3.05, 3.63) is 23.8 Å². The molecule has 1 aromatic rings. The lowest BCUT2D eigenvalue weighted by molar-refractivity contribution is -0.147. The van der Waals surface area contributed by atoms with Crippen molar-refractivity contribution in [2.24, 2.45) is 5.41 Å². The summed E-state index contributed by atoms with van der Waals surface area (Å²) in [6.07, 6.45) is 0.530. The Kier molecular flexibility index (Phi) is 5.15. The molecule has 128 valence electrons. The zero-order chi connectivity index (χ0) is 17.3. The van der Waals surface area contributed by atoms with Gasteiger partial charge in [0.2, 0.25) is 0 Å². The highest BCUT2D eigenvalue weighted by Crippen LogP contribution is 2.42. The third kappa shape index (κ3) is 4.54. The third-order valence-electron chi connectivity index (χ3n) is 3.93. The smallest absolute Gasteiger partial charge is 0.446 e. The Morgan fingerprint density at radius 2 is 2.17 bits per heavy atom. The van der Waals surface area contributed by atoms with E-state index < -0.39 is 16.9 Å². The fourth-order valence-corrected chi connectivity index (χ4v) is 3.36. The van der Waals surface area contributed by atoms with Crippen molar-refractivity contribution in [3.8, 4) is 5.75 Å². The first-order valence-corrected chi connectivity index (χ1v) is 7.83. The summed E-state index contributed by atoms with van der Waals surface area (Å²) >= 11 is -0.209. The fraction of sp³-hybridized carbons (Fsp3) is 0.533. The number of ether oxygens (including phenoxy) is 1. The molecule has 1 aromatic carbocycles. The van der Waals surface area contributed by atoms with Crippen LogP contribution in [-0.4, -0.2) is 41.7 Å². The van der Waals surface area contributed by atoms with E-state index >= 15 is 0 Å². The van der Waals surface area contributed by atoms with Gasteiger partial charge < -0.3 is 9.84 Å². The molecule has 0 bridgehead atoms. The number of methoxy groups -OCH3 is 1. The highest BCUT2D eigenvalue weighted by atomic mass is 32.2. The maximum absolute atomic E-state index is 12.6. The molecule has 0 saturated carbocycles. The number of thioether (sulfide) groups is 1. The number of hydrogen-bond donors (Lipinski definition) is 1.